The lowest BCUT2D eigenvalue weighted by molar-refractivity contribution is 0.214. The van der Waals surface area contributed by atoms with Crippen LogP contribution in [0.2, 0.25) is 5.02 Å². The van der Waals surface area contributed by atoms with Gasteiger partial charge in [-0.1, -0.05) is 18.5 Å². The maximum atomic E-state index is 6.19. The van der Waals surface area contributed by atoms with Crippen molar-refractivity contribution in [2.75, 3.05) is 38.8 Å². The molecule has 1 aromatic rings. The van der Waals surface area contributed by atoms with E-state index in [0.29, 0.717) is 6.04 Å². The highest BCUT2D eigenvalue weighted by Gasteiger charge is 2.30. The van der Waals surface area contributed by atoms with Gasteiger partial charge in [-0.15, -0.1) is 0 Å². The summed E-state index contributed by atoms with van der Waals surface area (Å²) >= 11 is 8.21. The van der Waals surface area contributed by atoms with Gasteiger partial charge in [0.2, 0.25) is 0 Å². The van der Waals surface area contributed by atoms with Gasteiger partial charge in [-0.25, -0.2) is 0 Å². The Kier molecular flexibility index (Phi) is 6.02. The standard InChI is InChI=1S/C15H23ClN2OS/c1-4-17-15(13-10-20-8-7-18(13)2)12-9-11(16)5-6-14(12)19-3/h5-6,9,13,15,17H,4,7-8,10H2,1-3H3. The van der Waals surface area contributed by atoms with Crippen LogP contribution in [0.25, 0.3) is 0 Å². The summed E-state index contributed by atoms with van der Waals surface area (Å²) in [4.78, 5) is 2.43. The van der Waals surface area contributed by atoms with Crippen molar-refractivity contribution in [1.82, 2.24) is 10.2 Å². The third kappa shape index (κ3) is 3.61. The minimum absolute atomic E-state index is 0.242. The van der Waals surface area contributed by atoms with E-state index in [9.17, 15) is 0 Å². The van der Waals surface area contributed by atoms with E-state index in [1.54, 1.807) is 7.11 Å². The molecule has 0 saturated carbocycles. The number of nitrogens with one attached hydrogen (secondary N) is 1. The summed E-state index contributed by atoms with van der Waals surface area (Å²) in [6.45, 7) is 4.19. The molecule has 1 fully saturated rings. The fraction of sp³-hybridized carbons (Fsp3) is 0.600. The van der Waals surface area contributed by atoms with Crippen molar-refractivity contribution in [2.45, 2.75) is 19.0 Å². The lowest BCUT2D eigenvalue weighted by atomic mass is 9.98. The molecule has 1 aromatic carbocycles. The largest absolute Gasteiger partial charge is 0.496 e. The van der Waals surface area contributed by atoms with E-state index >= 15 is 0 Å². The van der Waals surface area contributed by atoms with Crippen molar-refractivity contribution in [3.8, 4) is 5.75 Å². The predicted octanol–water partition coefficient (Wildman–Crippen LogP) is 3.05. The Morgan fingerprint density at radius 3 is 3.00 bits per heavy atom. The van der Waals surface area contributed by atoms with Gasteiger partial charge in [0.05, 0.1) is 13.2 Å². The molecule has 0 aliphatic carbocycles. The second-order valence-corrected chi connectivity index (χ2v) is 6.63. The number of hydrogen-bond donors (Lipinski definition) is 1. The van der Waals surface area contributed by atoms with Gasteiger partial charge in [0.15, 0.2) is 0 Å². The van der Waals surface area contributed by atoms with Crippen molar-refractivity contribution >= 4 is 23.4 Å². The van der Waals surface area contributed by atoms with Crippen LogP contribution in [0.1, 0.15) is 18.5 Å². The van der Waals surface area contributed by atoms with E-state index in [1.165, 1.54) is 5.75 Å². The molecule has 1 aliphatic rings. The number of methoxy groups -OCH3 is 1. The predicted molar refractivity (Wildman–Crippen MR) is 88.2 cm³/mol. The molecule has 2 rings (SSSR count). The summed E-state index contributed by atoms with van der Waals surface area (Å²) in [6, 6.07) is 6.57. The Hall–Kier alpha value is -0.420. The summed E-state index contributed by atoms with van der Waals surface area (Å²) in [7, 11) is 3.92. The van der Waals surface area contributed by atoms with Gasteiger partial charge in [-0.05, 0) is 31.8 Å². The molecule has 3 nitrogen and oxygen atoms in total. The van der Waals surface area contributed by atoms with Gasteiger partial charge in [-0.2, -0.15) is 11.8 Å². The zero-order chi connectivity index (χ0) is 14.5. The van der Waals surface area contributed by atoms with Crippen LogP contribution in [-0.4, -0.2) is 49.7 Å². The van der Waals surface area contributed by atoms with Crippen molar-refractivity contribution < 1.29 is 4.74 Å². The SMILES string of the molecule is CCNC(c1cc(Cl)ccc1OC)C1CSCCN1C. The summed E-state index contributed by atoms with van der Waals surface area (Å²) in [5.74, 6) is 3.24. The fourth-order valence-corrected chi connectivity index (χ4v) is 4.13. The van der Waals surface area contributed by atoms with E-state index in [4.69, 9.17) is 16.3 Å². The van der Waals surface area contributed by atoms with Crippen LogP contribution < -0.4 is 10.1 Å². The second kappa shape index (κ2) is 7.55. The van der Waals surface area contributed by atoms with Crippen molar-refractivity contribution in [3.05, 3.63) is 28.8 Å². The van der Waals surface area contributed by atoms with E-state index in [2.05, 4.69) is 24.2 Å². The van der Waals surface area contributed by atoms with Crippen LogP contribution in [0, 0.1) is 0 Å². The van der Waals surface area contributed by atoms with E-state index in [1.807, 2.05) is 30.0 Å². The van der Waals surface area contributed by atoms with Gasteiger partial charge in [0.1, 0.15) is 5.75 Å². The Morgan fingerprint density at radius 2 is 2.35 bits per heavy atom. The van der Waals surface area contributed by atoms with Gasteiger partial charge >= 0.3 is 0 Å². The van der Waals surface area contributed by atoms with Crippen LogP contribution in [0.15, 0.2) is 18.2 Å². The molecule has 1 heterocycles. The third-order valence-electron chi connectivity index (χ3n) is 3.78. The monoisotopic (exact) mass is 314 g/mol. The van der Waals surface area contributed by atoms with Gasteiger partial charge < -0.3 is 10.1 Å². The molecule has 1 aliphatic heterocycles. The average molecular weight is 315 g/mol. The highest BCUT2D eigenvalue weighted by atomic mass is 35.5. The number of benzene rings is 1. The van der Waals surface area contributed by atoms with Crippen LogP contribution in [0.4, 0.5) is 0 Å². The molecule has 1 saturated heterocycles. The molecule has 2 unspecified atom stereocenters. The van der Waals surface area contributed by atoms with Crippen molar-refractivity contribution in [2.24, 2.45) is 0 Å². The number of nitrogens with zero attached hydrogens (tertiary/aromatic N) is 1. The molecular formula is C15H23ClN2OS. The first kappa shape index (κ1) is 16.0. The zero-order valence-electron chi connectivity index (χ0n) is 12.4. The summed E-state index contributed by atoms with van der Waals surface area (Å²) in [5.41, 5.74) is 1.15. The lowest BCUT2D eigenvalue weighted by Gasteiger charge is -2.38. The Bertz CT molecular complexity index is 444. The molecule has 0 radical (unpaired) electrons. The van der Waals surface area contributed by atoms with Gasteiger partial charge in [-0.3, -0.25) is 4.90 Å². The number of rotatable bonds is 5. The number of hydrogen-bond acceptors (Lipinski definition) is 4. The number of ether oxygens (including phenoxy) is 1. The highest BCUT2D eigenvalue weighted by Crippen LogP contribution is 2.34. The number of thioether (sulfide) groups is 1. The first-order chi connectivity index (χ1) is 9.67. The molecule has 0 bridgehead atoms. The average Bonchev–Trinajstić information content (AvgIpc) is 2.46. The first-order valence-electron chi connectivity index (χ1n) is 7.02. The zero-order valence-corrected chi connectivity index (χ0v) is 13.9. The van der Waals surface area contributed by atoms with Gasteiger partial charge in [0, 0.05) is 34.7 Å². The van der Waals surface area contributed by atoms with Gasteiger partial charge in [0.25, 0.3) is 0 Å². The summed E-state index contributed by atoms with van der Waals surface area (Å²) in [5, 5.41) is 4.37. The maximum absolute atomic E-state index is 6.19. The van der Waals surface area contributed by atoms with E-state index in [0.717, 1.165) is 35.2 Å². The minimum Gasteiger partial charge on any atom is -0.496 e. The van der Waals surface area contributed by atoms with Crippen LogP contribution in [0.5, 0.6) is 5.75 Å². The van der Waals surface area contributed by atoms with E-state index < -0.39 is 0 Å². The number of likely N-dealkylation sites (N-methyl/N-ethyl adjacent to an activating group) is 2. The maximum Gasteiger partial charge on any atom is 0.123 e. The smallest absolute Gasteiger partial charge is 0.123 e. The molecule has 0 amide bonds. The topological polar surface area (TPSA) is 24.5 Å². The summed E-state index contributed by atoms with van der Waals surface area (Å²) in [6.07, 6.45) is 0. The molecule has 1 N–H and O–H groups in total. The second-order valence-electron chi connectivity index (χ2n) is 5.04. The summed E-state index contributed by atoms with van der Waals surface area (Å²) < 4.78 is 5.53. The quantitative estimate of drug-likeness (QED) is 0.903. The van der Waals surface area contributed by atoms with Crippen molar-refractivity contribution in [1.29, 1.82) is 0 Å². The third-order valence-corrected chi connectivity index (χ3v) is 5.06. The molecule has 112 valence electrons. The van der Waals surface area contributed by atoms with Crippen LogP contribution in [-0.2, 0) is 0 Å². The Morgan fingerprint density at radius 1 is 1.55 bits per heavy atom. The Labute approximate surface area is 131 Å². The minimum atomic E-state index is 0.242. The van der Waals surface area contributed by atoms with E-state index in [-0.39, 0.29) is 6.04 Å². The Balaban J connectivity index is 2.34. The lowest BCUT2D eigenvalue weighted by Crippen LogP contribution is -2.47. The fourth-order valence-electron chi connectivity index (χ4n) is 2.68. The first-order valence-corrected chi connectivity index (χ1v) is 8.55. The molecule has 5 heteroatoms. The van der Waals surface area contributed by atoms with Crippen LogP contribution >= 0.6 is 23.4 Å². The number of halogens is 1. The molecular weight excluding hydrogens is 292 g/mol. The molecule has 0 aromatic heterocycles. The van der Waals surface area contributed by atoms with Crippen LogP contribution in [0.3, 0.4) is 0 Å². The highest BCUT2D eigenvalue weighted by molar-refractivity contribution is 7.99. The molecule has 2 atom stereocenters. The normalized spacial score (nSPS) is 21.7. The van der Waals surface area contributed by atoms with Crippen molar-refractivity contribution in [3.63, 3.8) is 0 Å². The molecule has 20 heavy (non-hydrogen) atoms. The molecule has 0 spiro atoms.